The molecule has 0 amide bonds. The highest BCUT2D eigenvalue weighted by Gasteiger charge is 2.10. The number of benzene rings is 1. The third-order valence-corrected chi connectivity index (χ3v) is 3.52. The quantitative estimate of drug-likeness (QED) is 0.610. The van der Waals surface area contributed by atoms with E-state index in [1.54, 1.807) is 24.3 Å². The van der Waals surface area contributed by atoms with E-state index in [4.69, 9.17) is 27.9 Å². The number of hydrogen-bond acceptors (Lipinski definition) is 4. The zero-order chi connectivity index (χ0) is 16.8. The molecule has 5 nitrogen and oxygen atoms in total. The molecule has 1 aromatic carbocycles. The molecule has 0 unspecified atom stereocenters. The Bertz CT molecular complexity index is 742. The van der Waals surface area contributed by atoms with Crippen LogP contribution in [0.5, 0.6) is 0 Å². The van der Waals surface area contributed by atoms with Crippen LogP contribution in [-0.4, -0.2) is 29.5 Å². The highest BCUT2D eigenvalue weighted by Crippen LogP contribution is 2.17. The first-order valence-corrected chi connectivity index (χ1v) is 7.74. The summed E-state index contributed by atoms with van der Waals surface area (Å²) in [4.78, 5) is 12.3. The zero-order valence-electron chi connectivity index (χ0n) is 12.7. The third kappa shape index (κ3) is 4.82. The van der Waals surface area contributed by atoms with Gasteiger partial charge in [0.05, 0.1) is 30.8 Å². The maximum Gasteiger partial charge on any atom is 0.292 e. The van der Waals surface area contributed by atoms with Crippen molar-refractivity contribution in [3.8, 4) is 5.69 Å². The van der Waals surface area contributed by atoms with Crippen molar-refractivity contribution in [1.29, 1.82) is 0 Å². The molecule has 2 aromatic rings. The van der Waals surface area contributed by atoms with Crippen LogP contribution in [0.25, 0.3) is 5.69 Å². The van der Waals surface area contributed by atoms with Gasteiger partial charge in [0.1, 0.15) is 5.02 Å². The van der Waals surface area contributed by atoms with Gasteiger partial charge in [-0.25, -0.2) is 0 Å². The Morgan fingerprint density at radius 3 is 2.70 bits per heavy atom. The Morgan fingerprint density at radius 2 is 2.04 bits per heavy atom. The minimum atomic E-state index is -0.401. The fourth-order valence-electron chi connectivity index (χ4n) is 1.83. The van der Waals surface area contributed by atoms with Gasteiger partial charge in [0, 0.05) is 11.6 Å². The average molecular weight is 354 g/mol. The Kier molecular flexibility index (Phi) is 6.21. The molecule has 0 aliphatic carbocycles. The molecule has 23 heavy (non-hydrogen) atoms. The maximum atomic E-state index is 12.3. The van der Waals surface area contributed by atoms with Crippen molar-refractivity contribution in [2.75, 3.05) is 25.1 Å². The van der Waals surface area contributed by atoms with E-state index in [-0.39, 0.29) is 5.02 Å². The number of ether oxygens (including phenoxy) is 1. The number of anilines is 1. The predicted molar refractivity (Wildman–Crippen MR) is 94.0 cm³/mol. The molecule has 0 aliphatic rings. The summed E-state index contributed by atoms with van der Waals surface area (Å²) in [6.45, 7) is 7.14. The van der Waals surface area contributed by atoms with E-state index >= 15 is 0 Å². The van der Waals surface area contributed by atoms with E-state index in [1.165, 1.54) is 10.9 Å². The van der Waals surface area contributed by atoms with Crippen molar-refractivity contribution < 1.29 is 4.74 Å². The van der Waals surface area contributed by atoms with Crippen LogP contribution < -0.4 is 10.9 Å². The molecule has 122 valence electrons. The third-order valence-electron chi connectivity index (χ3n) is 2.90. The minimum absolute atomic E-state index is 0.0786. The summed E-state index contributed by atoms with van der Waals surface area (Å²) in [5, 5.41) is 7.82. The normalized spacial score (nSPS) is 10.6. The van der Waals surface area contributed by atoms with E-state index in [1.807, 2.05) is 6.92 Å². The van der Waals surface area contributed by atoms with Crippen LogP contribution in [0.3, 0.4) is 0 Å². The topological polar surface area (TPSA) is 56.1 Å². The van der Waals surface area contributed by atoms with Crippen LogP contribution in [0.4, 0.5) is 5.69 Å². The average Bonchev–Trinajstić information content (AvgIpc) is 2.52. The Morgan fingerprint density at radius 1 is 1.35 bits per heavy atom. The molecule has 0 fully saturated rings. The van der Waals surface area contributed by atoms with Crippen LogP contribution in [0.1, 0.15) is 6.92 Å². The maximum absolute atomic E-state index is 12.3. The highest BCUT2D eigenvalue weighted by molar-refractivity contribution is 6.33. The lowest BCUT2D eigenvalue weighted by atomic mass is 10.3. The highest BCUT2D eigenvalue weighted by atomic mass is 35.5. The SMILES string of the molecule is C=C(C)COCCNc1cnn(-c2ccc(Cl)cc2)c(=O)c1Cl. The van der Waals surface area contributed by atoms with Gasteiger partial charge in [-0.05, 0) is 31.2 Å². The largest absolute Gasteiger partial charge is 0.380 e. The molecule has 1 N–H and O–H groups in total. The predicted octanol–water partition coefficient (Wildman–Crippen LogP) is 3.54. The molecular weight excluding hydrogens is 337 g/mol. The second kappa shape index (κ2) is 8.15. The molecule has 2 rings (SSSR count). The Balaban J connectivity index is 2.07. The molecule has 0 saturated carbocycles. The number of halogens is 2. The van der Waals surface area contributed by atoms with E-state index < -0.39 is 5.56 Å². The van der Waals surface area contributed by atoms with Crippen LogP contribution in [0.15, 0.2) is 47.4 Å². The van der Waals surface area contributed by atoms with E-state index in [0.29, 0.717) is 36.2 Å². The Labute approximate surface area is 144 Å². The van der Waals surface area contributed by atoms with Gasteiger partial charge in [0.25, 0.3) is 5.56 Å². The van der Waals surface area contributed by atoms with Crippen molar-refractivity contribution in [3.05, 3.63) is 63.0 Å². The summed E-state index contributed by atoms with van der Waals surface area (Å²) in [5.41, 5.74) is 1.62. The van der Waals surface area contributed by atoms with Crippen molar-refractivity contribution >= 4 is 28.9 Å². The van der Waals surface area contributed by atoms with Gasteiger partial charge in [-0.15, -0.1) is 0 Å². The number of aromatic nitrogens is 2. The summed E-state index contributed by atoms with van der Waals surface area (Å²) >= 11 is 12.0. The lowest BCUT2D eigenvalue weighted by Crippen LogP contribution is -2.23. The molecule has 7 heteroatoms. The lowest BCUT2D eigenvalue weighted by molar-refractivity contribution is 0.167. The number of nitrogens with one attached hydrogen (secondary N) is 1. The molecule has 0 radical (unpaired) electrons. The molecule has 0 atom stereocenters. The second-order valence-corrected chi connectivity index (χ2v) is 5.82. The van der Waals surface area contributed by atoms with Gasteiger partial charge in [-0.2, -0.15) is 9.78 Å². The van der Waals surface area contributed by atoms with Gasteiger partial charge in [0.15, 0.2) is 0 Å². The number of rotatable bonds is 7. The summed E-state index contributed by atoms with van der Waals surface area (Å²) in [7, 11) is 0. The van der Waals surface area contributed by atoms with Gasteiger partial charge in [-0.1, -0.05) is 35.4 Å². The minimum Gasteiger partial charge on any atom is -0.380 e. The lowest BCUT2D eigenvalue weighted by Gasteiger charge is -2.10. The standard InChI is InChI=1S/C16H17Cl2N3O2/c1-11(2)10-23-8-7-19-14-9-20-21(16(22)15(14)18)13-5-3-12(17)4-6-13/h3-6,9,19H,1,7-8,10H2,2H3. The van der Waals surface area contributed by atoms with Crippen LogP contribution in [0.2, 0.25) is 10.0 Å². The molecule has 1 aromatic heterocycles. The molecule has 1 heterocycles. The van der Waals surface area contributed by atoms with E-state index in [9.17, 15) is 4.79 Å². The number of nitrogens with zero attached hydrogens (tertiary/aromatic N) is 2. The summed E-state index contributed by atoms with van der Waals surface area (Å²) in [6, 6.07) is 6.77. The smallest absolute Gasteiger partial charge is 0.292 e. The summed E-state index contributed by atoms with van der Waals surface area (Å²) in [5.74, 6) is 0. The van der Waals surface area contributed by atoms with E-state index in [0.717, 1.165) is 5.57 Å². The first-order valence-electron chi connectivity index (χ1n) is 6.99. The molecule has 0 aliphatic heterocycles. The monoisotopic (exact) mass is 353 g/mol. The van der Waals surface area contributed by atoms with Crippen LogP contribution in [-0.2, 0) is 4.74 Å². The van der Waals surface area contributed by atoms with Crippen molar-refractivity contribution in [2.45, 2.75) is 6.92 Å². The van der Waals surface area contributed by atoms with Crippen LogP contribution in [0, 0.1) is 0 Å². The molecule has 0 saturated heterocycles. The molecule has 0 bridgehead atoms. The van der Waals surface area contributed by atoms with Gasteiger partial charge in [-0.3, -0.25) is 4.79 Å². The summed E-state index contributed by atoms with van der Waals surface area (Å²) in [6.07, 6.45) is 1.51. The summed E-state index contributed by atoms with van der Waals surface area (Å²) < 4.78 is 6.59. The fraction of sp³-hybridized carbons (Fsp3) is 0.250. The van der Waals surface area contributed by atoms with Crippen molar-refractivity contribution in [2.24, 2.45) is 0 Å². The van der Waals surface area contributed by atoms with Gasteiger partial charge in [0.2, 0.25) is 0 Å². The second-order valence-electron chi connectivity index (χ2n) is 5.00. The number of hydrogen-bond donors (Lipinski definition) is 1. The fourth-order valence-corrected chi connectivity index (χ4v) is 2.15. The van der Waals surface area contributed by atoms with Crippen molar-refractivity contribution in [1.82, 2.24) is 9.78 Å². The molecular formula is C16H17Cl2N3O2. The van der Waals surface area contributed by atoms with Crippen molar-refractivity contribution in [3.63, 3.8) is 0 Å². The zero-order valence-corrected chi connectivity index (χ0v) is 14.2. The van der Waals surface area contributed by atoms with Gasteiger partial charge >= 0.3 is 0 Å². The first kappa shape index (κ1) is 17.5. The van der Waals surface area contributed by atoms with Crippen LogP contribution >= 0.6 is 23.2 Å². The van der Waals surface area contributed by atoms with E-state index in [2.05, 4.69) is 17.0 Å². The Hall–Kier alpha value is -1.82. The first-order chi connectivity index (χ1) is 11.0. The molecule has 0 spiro atoms. The van der Waals surface area contributed by atoms with Gasteiger partial charge < -0.3 is 10.1 Å².